The molecule has 3 rings (SSSR count). The van der Waals surface area contributed by atoms with Crippen molar-refractivity contribution in [3.8, 4) is 11.8 Å². The van der Waals surface area contributed by atoms with Gasteiger partial charge in [-0.05, 0) is 65.2 Å². The van der Waals surface area contributed by atoms with Crippen LogP contribution in [0, 0.1) is 17.1 Å². The standard InChI is InChI=1S/C24H19FN4O3/c25-20-3-1-2-19(14-20)16-32-22-10-6-18(7-11-22)15-27-29-24(31)23(30)28-21-8-4-17(5-9-21)12-13-26/h1-11,14-15H,12,16H2,(H,28,30)(H,29,31)/b27-15+. The fourth-order valence-corrected chi connectivity index (χ4v) is 2.64. The normalized spacial score (nSPS) is 10.4. The number of amides is 2. The van der Waals surface area contributed by atoms with Crippen LogP contribution in [0.15, 0.2) is 77.9 Å². The van der Waals surface area contributed by atoms with Crippen LogP contribution in [0.2, 0.25) is 0 Å². The number of nitrogens with zero attached hydrogens (tertiary/aromatic N) is 2. The van der Waals surface area contributed by atoms with Crippen LogP contribution in [0.5, 0.6) is 5.75 Å². The van der Waals surface area contributed by atoms with Crippen LogP contribution in [-0.2, 0) is 22.6 Å². The van der Waals surface area contributed by atoms with Gasteiger partial charge in [-0.25, -0.2) is 9.82 Å². The van der Waals surface area contributed by atoms with Gasteiger partial charge in [-0.3, -0.25) is 9.59 Å². The monoisotopic (exact) mass is 430 g/mol. The molecule has 0 unspecified atom stereocenters. The second-order valence-corrected chi connectivity index (χ2v) is 6.67. The Morgan fingerprint density at radius 1 is 1.00 bits per heavy atom. The maximum atomic E-state index is 13.2. The third-order valence-electron chi connectivity index (χ3n) is 4.26. The zero-order valence-corrected chi connectivity index (χ0v) is 16.9. The highest BCUT2D eigenvalue weighted by Crippen LogP contribution is 2.14. The van der Waals surface area contributed by atoms with Crippen LogP contribution in [-0.4, -0.2) is 18.0 Å². The topological polar surface area (TPSA) is 104 Å². The van der Waals surface area contributed by atoms with Crippen LogP contribution >= 0.6 is 0 Å². The maximum absolute atomic E-state index is 13.2. The molecule has 32 heavy (non-hydrogen) atoms. The largest absolute Gasteiger partial charge is 0.489 e. The fourth-order valence-electron chi connectivity index (χ4n) is 2.64. The fraction of sp³-hybridized carbons (Fsp3) is 0.0833. The maximum Gasteiger partial charge on any atom is 0.329 e. The van der Waals surface area contributed by atoms with Crippen molar-refractivity contribution in [3.63, 3.8) is 0 Å². The summed E-state index contributed by atoms with van der Waals surface area (Å²) >= 11 is 0. The van der Waals surface area contributed by atoms with E-state index in [2.05, 4.69) is 15.8 Å². The predicted octanol–water partition coefficient (Wildman–Crippen LogP) is 3.56. The summed E-state index contributed by atoms with van der Waals surface area (Å²) in [5.74, 6) is -1.51. The lowest BCUT2D eigenvalue weighted by atomic mass is 10.1. The number of ether oxygens (including phenoxy) is 1. The second-order valence-electron chi connectivity index (χ2n) is 6.67. The van der Waals surface area contributed by atoms with Crippen molar-refractivity contribution >= 4 is 23.7 Å². The summed E-state index contributed by atoms with van der Waals surface area (Å²) < 4.78 is 18.8. The Bertz CT molecular complexity index is 1150. The Morgan fingerprint density at radius 2 is 1.75 bits per heavy atom. The molecule has 8 heteroatoms. The number of carbonyl (C=O) groups is 2. The average molecular weight is 430 g/mol. The van der Waals surface area contributed by atoms with E-state index in [-0.39, 0.29) is 18.8 Å². The van der Waals surface area contributed by atoms with E-state index in [1.54, 1.807) is 60.7 Å². The molecule has 3 aromatic rings. The molecule has 0 heterocycles. The Balaban J connectivity index is 1.45. The first-order chi connectivity index (χ1) is 15.5. The highest BCUT2D eigenvalue weighted by atomic mass is 19.1. The molecule has 0 aliphatic carbocycles. The number of nitriles is 1. The highest BCUT2D eigenvalue weighted by molar-refractivity contribution is 6.39. The summed E-state index contributed by atoms with van der Waals surface area (Å²) in [5, 5.41) is 14.9. The summed E-state index contributed by atoms with van der Waals surface area (Å²) in [6.07, 6.45) is 1.65. The van der Waals surface area contributed by atoms with Crippen molar-refractivity contribution in [1.82, 2.24) is 5.43 Å². The van der Waals surface area contributed by atoms with E-state index in [0.29, 0.717) is 17.0 Å². The third kappa shape index (κ3) is 6.78. The van der Waals surface area contributed by atoms with E-state index in [4.69, 9.17) is 10.00 Å². The molecule has 0 aromatic heterocycles. The Hall–Kier alpha value is -4.51. The minimum atomic E-state index is -0.919. The number of hydrogen-bond donors (Lipinski definition) is 2. The quantitative estimate of drug-likeness (QED) is 0.340. The molecular formula is C24H19FN4O3. The predicted molar refractivity (Wildman–Crippen MR) is 117 cm³/mol. The van der Waals surface area contributed by atoms with Gasteiger partial charge in [0, 0.05) is 5.69 Å². The van der Waals surface area contributed by atoms with Crippen molar-refractivity contribution in [3.05, 3.63) is 95.3 Å². The van der Waals surface area contributed by atoms with Crippen LogP contribution in [0.1, 0.15) is 16.7 Å². The van der Waals surface area contributed by atoms with Crippen LogP contribution in [0.4, 0.5) is 10.1 Å². The van der Waals surface area contributed by atoms with Gasteiger partial charge in [0.1, 0.15) is 18.2 Å². The Morgan fingerprint density at radius 3 is 2.44 bits per heavy atom. The van der Waals surface area contributed by atoms with Gasteiger partial charge in [-0.15, -0.1) is 0 Å². The summed E-state index contributed by atoms with van der Waals surface area (Å²) in [6.45, 7) is 0.234. The van der Waals surface area contributed by atoms with Crippen molar-refractivity contribution in [2.45, 2.75) is 13.0 Å². The molecule has 0 bridgehead atoms. The molecule has 0 aliphatic rings. The van der Waals surface area contributed by atoms with E-state index in [1.165, 1.54) is 18.3 Å². The highest BCUT2D eigenvalue weighted by Gasteiger charge is 2.12. The summed E-state index contributed by atoms with van der Waals surface area (Å²) in [7, 11) is 0. The van der Waals surface area contributed by atoms with E-state index < -0.39 is 11.8 Å². The van der Waals surface area contributed by atoms with Crippen molar-refractivity contribution in [2.75, 3.05) is 5.32 Å². The molecule has 7 nitrogen and oxygen atoms in total. The third-order valence-corrected chi connectivity index (χ3v) is 4.26. The number of nitrogens with one attached hydrogen (secondary N) is 2. The number of halogens is 1. The van der Waals surface area contributed by atoms with Crippen LogP contribution in [0.3, 0.4) is 0 Å². The SMILES string of the molecule is N#CCc1ccc(NC(=O)C(=O)N/N=C/c2ccc(OCc3cccc(F)c3)cc2)cc1. The zero-order chi connectivity index (χ0) is 22.8. The van der Waals surface area contributed by atoms with Gasteiger partial charge in [0.25, 0.3) is 0 Å². The van der Waals surface area contributed by atoms with Gasteiger partial charge in [0.2, 0.25) is 0 Å². The first-order valence-electron chi connectivity index (χ1n) is 9.61. The van der Waals surface area contributed by atoms with E-state index in [0.717, 1.165) is 11.1 Å². The van der Waals surface area contributed by atoms with Gasteiger partial charge in [-0.1, -0.05) is 24.3 Å². The first kappa shape index (κ1) is 22.2. The molecule has 0 aliphatic heterocycles. The summed E-state index contributed by atoms with van der Waals surface area (Å²) in [5.41, 5.74) is 4.80. The molecular weight excluding hydrogens is 411 g/mol. The number of carbonyl (C=O) groups excluding carboxylic acids is 2. The van der Waals surface area contributed by atoms with Gasteiger partial charge in [0.05, 0.1) is 18.7 Å². The molecule has 0 saturated carbocycles. The number of hydrazone groups is 1. The van der Waals surface area contributed by atoms with Crippen molar-refractivity contribution in [2.24, 2.45) is 5.10 Å². The molecule has 0 fully saturated rings. The molecule has 0 radical (unpaired) electrons. The second kappa shape index (κ2) is 11.0. The minimum absolute atomic E-state index is 0.234. The summed E-state index contributed by atoms with van der Waals surface area (Å²) in [4.78, 5) is 23.8. The molecule has 0 spiro atoms. The number of benzene rings is 3. The van der Waals surface area contributed by atoms with Crippen molar-refractivity contribution < 1.29 is 18.7 Å². The van der Waals surface area contributed by atoms with Gasteiger partial charge in [0.15, 0.2) is 0 Å². The molecule has 0 saturated heterocycles. The number of anilines is 1. The summed E-state index contributed by atoms with van der Waals surface area (Å²) in [6, 6.07) is 21.7. The smallest absolute Gasteiger partial charge is 0.329 e. The van der Waals surface area contributed by atoms with E-state index in [9.17, 15) is 14.0 Å². The molecule has 2 amide bonds. The lowest BCUT2D eigenvalue weighted by molar-refractivity contribution is -0.136. The number of rotatable bonds is 7. The lowest BCUT2D eigenvalue weighted by Gasteiger charge is -2.06. The molecule has 160 valence electrons. The molecule has 3 aromatic carbocycles. The minimum Gasteiger partial charge on any atom is -0.489 e. The van der Waals surface area contributed by atoms with Gasteiger partial charge < -0.3 is 10.1 Å². The molecule has 2 N–H and O–H groups in total. The molecule has 0 atom stereocenters. The van der Waals surface area contributed by atoms with Crippen LogP contribution in [0.25, 0.3) is 0 Å². The Kier molecular flexibility index (Phi) is 7.65. The van der Waals surface area contributed by atoms with Crippen molar-refractivity contribution in [1.29, 1.82) is 5.26 Å². The van der Waals surface area contributed by atoms with E-state index >= 15 is 0 Å². The first-order valence-corrected chi connectivity index (χ1v) is 9.61. The average Bonchev–Trinajstić information content (AvgIpc) is 2.80. The lowest BCUT2D eigenvalue weighted by Crippen LogP contribution is -2.32. The number of hydrogen-bond acceptors (Lipinski definition) is 5. The Labute approximate surface area is 184 Å². The van der Waals surface area contributed by atoms with E-state index in [1.807, 2.05) is 6.07 Å². The van der Waals surface area contributed by atoms with Crippen LogP contribution < -0.4 is 15.5 Å². The zero-order valence-electron chi connectivity index (χ0n) is 16.9. The van der Waals surface area contributed by atoms with Gasteiger partial charge in [-0.2, -0.15) is 10.4 Å². The van der Waals surface area contributed by atoms with Gasteiger partial charge >= 0.3 is 11.8 Å².